The Hall–Kier alpha value is -3.30. The van der Waals surface area contributed by atoms with E-state index in [2.05, 4.69) is 10.0 Å². The molecular formula is C24H25F2N3O3S. The lowest BCUT2D eigenvalue weighted by Crippen LogP contribution is -2.34. The van der Waals surface area contributed by atoms with E-state index in [-0.39, 0.29) is 34.6 Å². The Balaban J connectivity index is 1.73. The molecule has 9 heteroatoms. The minimum Gasteiger partial charge on any atom is -0.350 e. The average Bonchev–Trinajstić information content (AvgIpc) is 2.75. The van der Waals surface area contributed by atoms with Gasteiger partial charge in [0.05, 0.1) is 10.9 Å². The topological polar surface area (TPSA) is 78.5 Å². The highest BCUT2D eigenvalue weighted by atomic mass is 32.2. The minimum absolute atomic E-state index is 0.165. The number of anilines is 1. The first-order chi connectivity index (χ1) is 15.6. The fourth-order valence-electron chi connectivity index (χ4n) is 3.28. The number of rotatable bonds is 8. The van der Waals surface area contributed by atoms with Crippen LogP contribution in [0.2, 0.25) is 0 Å². The molecule has 0 aromatic heterocycles. The van der Waals surface area contributed by atoms with Crippen molar-refractivity contribution >= 4 is 21.6 Å². The molecule has 0 saturated heterocycles. The summed E-state index contributed by atoms with van der Waals surface area (Å²) in [6.45, 7) is 1.75. The van der Waals surface area contributed by atoms with Crippen LogP contribution in [0.5, 0.6) is 0 Å². The van der Waals surface area contributed by atoms with Crippen molar-refractivity contribution in [1.82, 2.24) is 10.2 Å². The third-order valence-electron chi connectivity index (χ3n) is 5.14. The van der Waals surface area contributed by atoms with Crippen molar-refractivity contribution in [3.8, 4) is 0 Å². The number of likely N-dealkylation sites (N-methyl/N-ethyl adjacent to an activating group) is 1. The van der Waals surface area contributed by atoms with E-state index in [1.54, 1.807) is 24.3 Å². The summed E-state index contributed by atoms with van der Waals surface area (Å²) in [6, 6.07) is 15.5. The van der Waals surface area contributed by atoms with Gasteiger partial charge in [0.2, 0.25) is 0 Å². The van der Waals surface area contributed by atoms with Crippen LogP contribution in [0.1, 0.15) is 27.5 Å². The SMILES string of the molecule is Cc1ccc(S(=O)(=O)Nc2cccc(C(=O)NC[C@@H](c3cccc(F)c3)N(C)C)c2)cc1F. The second kappa shape index (κ2) is 10.1. The average molecular weight is 474 g/mol. The monoisotopic (exact) mass is 473 g/mol. The van der Waals surface area contributed by atoms with Crippen LogP contribution in [0.25, 0.3) is 0 Å². The van der Waals surface area contributed by atoms with Gasteiger partial charge in [-0.1, -0.05) is 24.3 Å². The van der Waals surface area contributed by atoms with E-state index >= 15 is 0 Å². The van der Waals surface area contributed by atoms with Gasteiger partial charge >= 0.3 is 0 Å². The van der Waals surface area contributed by atoms with E-state index in [1.165, 1.54) is 43.3 Å². The predicted octanol–water partition coefficient (Wildman–Crippen LogP) is 4.11. The maximum Gasteiger partial charge on any atom is 0.261 e. The van der Waals surface area contributed by atoms with Crippen LogP contribution >= 0.6 is 0 Å². The minimum atomic E-state index is -4.04. The first kappa shape index (κ1) is 24.3. The highest BCUT2D eigenvalue weighted by Crippen LogP contribution is 2.21. The lowest BCUT2D eigenvalue weighted by atomic mass is 10.1. The van der Waals surface area contributed by atoms with E-state index in [9.17, 15) is 22.0 Å². The van der Waals surface area contributed by atoms with Gasteiger partial charge in [-0.15, -0.1) is 0 Å². The Morgan fingerprint density at radius 1 is 1.00 bits per heavy atom. The Kier molecular flexibility index (Phi) is 7.45. The Morgan fingerprint density at radius 2 is 1.73 bits per heavy atom. The van der Waals surface area contributed by atoms with Gasteiger partial charge in [0.1, 0.15) is 11.6 Å². The molecule has 0 fully saturated rings. The zero-order valence-corrected chi connectivity index (χ0v) is 19.3. The van der Waals surface area contributed by atoms with Crippen molar-refractivity contribution in [2.45, 2.75) is 17.9 Å². The molecule has 0 radical (unpaired) electrons. The van der Waals surface area contributed by atoms with Crippen molar-refractivity contribution in [2.75, 3.05) is 25.4 Å². The van der Waals surface area contributed by atoms with E-state index in [4.69, 9.17) is 0 Å². The molecule has 0 saturated carbocycles. The first-order valence-corrected chi connectivity index (χ1v) is 11.6. The molecule has 0 unspecified atom stereocenters. The Labute approximate surface area is 192 Å². The number of benzene rings is 3. The zero-order valence-electron chi connectivity index (χ0n) is 18.5. The predicted molar refractivity (Wildman–Crippen MR) is 124 cm³/mol. The smallest absolute Gasteiger partial charge is 0.261 e. The van der Waals surface area contributed by atoms with Gasteiger partial charge in [-0.25, -0.2) is 17.2 Å². The lowest BCUT2D eigenvalue weighted by Gasteiger charge is -2.25. The van der Waals surface area contributed by atoms with E-state index in [1.807, 2.05) is 19.0 Å². The number of halogens is 2. The van der Waals surface area contributed by atoms with E-state index in [0.29, 0.717) is 11.1 Å². The molecule has 2 N–H and O–H groups in total. The van der Waals surface area contributed by atoms with Crippen molar-refractivity contribution in [3.05, 3.63) is 95.1 Å². The fraction of sp³-hybridized carbons (Fsp3) is 0.208. The number of nitrogens with one attached hydrogen (secondary N) is 2. The molecule has 3 rings (SSSR count). The number of carbonyl (C=O) groups excluding carboxylic acids is 1. The molecular weight excluding hydrogens is 448 g/mol. The number of hydrogen-bond acceptors (Lipinski definition) is 4. The first-order valence-electron chi connectivity index (χ1n) is 10.2. The van der Waals surface area contributed by atoms with Crippen LogP contribution in [0.4, 0.5) is 14.5 Å². The number of sulfonamides is 1. The normalized spacial score (nSPS) is 12.4. The van der Waals surface area contributed by atoms with Gasteiger partial charge < -0.3 is 10.2 Å². The summed E-state index contributed by atoms with van der Waals surface area (Å²) >= 11 is 0. The molecule has 0 heterocycles. The fourth-order valence-corrected chi connectivity index (χ4v) is 4.34. The number of hydrogen-bond donors (Lipinski definition) is 2. The second-order valence-corrected chi connectivity index (χ2v) is 9.52. The standard InChI is InChI=1S/C24H25F2N3O3S/c1-16-10-11-21(14-22(16)26)33(31,32)28-20-9-5-7-18(13-20)24(30)27-15-23(29(2)3)17-6-4-8-19(25)12-17/h4-14,23,28H,15H2,1-3H3,(H,27,30)/t23-/m0/s1. The summed E-state index contributed by atoms with van der Waals surface area (Å²) in [5, 5.41) is 2.80. The van der Waals surface area contributed by atoms with Gasteiger partial charge in [0.15, 0.2) is 0 Å². The van der Waals surface area contributed by atoms with Gasteiger partial charge in [-0.3, -0.25) is 9.52 Å². The summed E-state index contributed by atoms with van der Waals surface area (Å²) in [6.07, 6.45) is 0. The molecule has 0 aliphatic carbocycles. The molecule has 0 spiro atoms. The van der Waals surface area contributed by atoms with Crippen molar-refractivity contribution < 1.29 is 22.0 Å². The molecule has 33 heavy (non-hydrogen) atoms. The second-order valence-electron chi connectivity index (χ2n) is 7.84. The molecule has 0 bridgehead atoms. The van der Waals surface area contributed by atoms with Crippen LogP contribution in [-0.4, -0.2) is 39.9 Å². The molecule has 3 aromatic carbocycles. The van der Waals surface area contributed by atoms with Crippen LogP contribution in [0.15, 0.2) is 71.6 Å². The van der Waals surface area contributed by atoms with Crippen molar-refractivity contribution in [1.29, 1.82) is 0 Å². The summed E-state index contributed by atoms with van der Waals surface area (Å²) in [7, 11) is -0.387. The number of aryl methyl sites for hydroxylation is 1. The van der Waals surface area contributed by atoms with Gasteiger partial charge in [-0.2, -0.15) is 0 Å². The number of amides is 1. The van der Waals surface area contributed by atoms with Crippen molar-refractivity contribution in [3.63, 3.8) is 0 Å². The zero-order chi connectivity index (χ0) is 24.2. The molecule has 0 aliphatic rings. The molecule has 174 valence electrons. The molecule has 1 atom stereocenters. The summed E-state index contributed by atoms with van der Waals surface area (Å²) in [5.41, 5.74) is 1.45. The Bertz CT molecular complexity index is 1260. The summed E-state index contributed by atoms with van der Waals surface area (Å²) in [4.78, 5) is 14.4. The van der Waals surface area contributed by atoms with E-state index in [0.717, 1.165) is 6.07 Å². The molecule has 6 nitrogen and oxygen atoms in total. The van der Waals surface area contributed by atoms with Gasteiger partial charge in [-0.05, 0) is 74.6 Å². The van der Waals surface area contributed by atoms with E-state index < -0.39 is 21.7 Å². The largest absolute Gasteiger partial charge is 0.350 e. The van der Waals surface area contributed by atoms with Gasteiger partial charge in [0.25, 0.3) is 15.9 Å². The molecule has 3 aromatic rings. The lowest BCUT2D eigenvalue weighted by molar-refractivity contribution is 0.0942. The van der Waals surface area contributed by atoms with Crippen LogP contribution in [0.3, 0.4) is 0 Å². The quantitative estimate of drug-likeness (QED) is 0.516. The van der Waals surface area contributed by atoms with Crippen LogP contribution in [0, 0.1) is 18.6 Å². The number of nitrogens with zero attached hydrogens (tertiary/aromatic N) is 1. The third-order valence-corrected chi connectivity index (χ3v) is 6.52. The summed E-state index contributed by atoms with van der Waals surface area (Å²) < 4.78 is 55.0. The number of carbonyl (C=O) groups is 1. The maximum atomic E-state index is 13.8. The molecule has 0 aliphatic heterocycles. The van der Waals surface area contributed by atoms with Gasteiger partial charge in [0, 0.05) is 17.8 Å². The highest BCUT2D eigenvalue weighted by Gasteiger charge is 2.19. The van der Waals surface area contributed by atoms with Crippen LogP contribution in [-0.2, 0) is 10.0 Å². The van der Waals surface area contributed by atoms with Crippen molar-refractivity contribution in [2.24, 2.45) is 0 Å². The Morgan fingerprint density at radius 3 is 2.39 bits per heavy atom. The summed E-state index contributed by atoms with van der Waals surface area (Å²) in [5.74, 6) is -1.40. The maximum absolute atomic E-state index is 13.8. The third kappa shape index (κ3) is 6.15. The van der Waals surface area contributed by atoms with Crippen LogP contribution < -0.4 is 10.0 Å². The molecule has 1 amide bonds. The highest BCUT2D eigenvalue weighted by molar-refractivity contribution is 7.92.